The molecule has 4 rings (SSSR count). The Bertz CT molecular complexity index is 968. The van der Waals surface area contributed by atoms with Gasteiger partial charge in [0.2, 0.25) is 6.79 Å². The van der Waals surface area contributed by atoms with Crippen molar-refractivity contribution in [1.82, 2.24) is 14.8 Å². The Hall–Kier alpha value is -2.86. The summed E-state index contributed by atoms with van der Waals surface area (Å²) in [6.45, 7) is 3.11. The number of carboxylic acids is 1. The fourth-order valence-electron chi connectivity index (χ4n) is 3.15. The molecule has 2 aromatic rings. The number of aromatic nitrogens is 1. The number of amides is 1. The maximum atomic E-state index is 12.1. The number of rotatable bonds is 3. The molecule has 0 fully saturated rings. The van der Waals surface area contributed by atoms with Crippen LogP contribution in [0.5, 0.6) is 11.5 Å². The van der Waals surface area contributed by atoms with Crippen LogP contribution in [0, 0.1) is 0 Å². The van der Waals surface area contributed by atoms with Crippen LogP contribution in [0.1, 0.15) is 25.9 Å². The molecule has 8 nitrogen and oxygen atoms in total. The number of ether oxygens (including phenoxy) is 2. The monoisotopic (exact) mass is 473 g/mol. The molecule has 0 unspecified atom stereocenters. The second kappa shape index (κ2) is 9.74. The van der Waals surface area contributed by atoms with Gasteiger partial charge in [0.25, 0.3) is 5.91 Å². The normalized spacial score (nSPS) is 15.3. The first kappa shape index (κ1) is 23.8. The van der Waals surface area contributed by atoms with Crippen molar-refractivity contribution in [1.29, 1.82) is 0 Å². The summed E-state index contributed by atoms with van der Waals surface area (Å²) >= 11 is 1.54. The maximum absolute atomic E-state index is 12.1. The highest BCUT2D eigenvalue weighted by Gasteiger charge is 2.38. The van der Waals surface area contributed by atoms with Crippen molar-refractivity contribution in [2.24, 2.45) is 0 Å². The van der Waals surface area contributed by atoms with Gasteiger partial charge in [0.1, 0.15) is 0 Å². The first-order chi connectivity index (χ1) is 15.0. The third-order valence-corrected chi connectivity index (χ3v) is 5.92. The Morgan fingerprint density at radius 3 is 2.50 bits per heavy atom. The summed E-state index contributed by atoms with van der Waals surface area (Å²) in [5, 5.41) is 7.74. The van der Waals surface area contributed by atoms with E-state index in [0.717, 1.165) is 49.7 Å². The van der Waals surface area contributed by atoms with Gasteiger partial charge in [-0.3, -0.25) is 9.69 Å². The number of thiazole rings is 1. The lowest BCUT2D eigenvalue weighted by atomic mass is 10.2. The van der Waals surface area contributed by atoms with Gasteiger partial charge in [-0.2, -0.15) is 13.2 Å². The van der Waals surface area contributed by atoms with Gasteiger partial charge in [0, 0.05) is 45.0 Å². The molecule has 1 amide bonds. The van der Waals surface area contributed by atoms with Crippen molar-refractivity contribution in [3.05, 3.63) is 39.3 Å². The average Bonchev–Trinajstić information content (AvgIpc) is 3.31. The fraction of sp³-hybridized carbons (Fsp3) is 0.450. The van der Waals surface area contributed by atoms with Crippen LogP contribution in [0.4, 0.5) is 13.2 Å². The fourth-order valence-corrected chi connectivity index (χ4v) is 4.27. The zero-order valence-electron chi connectivity index (χ0n) is 17.4. The third-order valence-electron chi connectivity index (χ3n) is 4.77. The van der Waals surface area contributed by atoms with Crippen molar-refractivity contribution in [2.75, 3.05) is 34.0 Å². The van der Waals surface area contributed by atoms with E-state index in [1.165, 1.54) is 10.4 Å². The lowest BCUT2D eigenvalue weighted by molar-refractivity contribution is -0.192. The Balaban J connectivity index is 0.000000360. The molecule has 12 heteroatoms. The van der Waals surface area contributed by atoms with Gasteiger partial charge in [-0.05, 0) is 24.1 Å². The number of carbonyl (C=O) groups is 2. The highest BCUT2D eigenvalue weighted by molar-refractivity contribution is 7.13. The summed E-state index contributed by atoms with van der Waals surface area (Å²) in [6.07, 6.45) is -3.25. The molecule has 174 valence electrons. The zero-order valence-corrected chi connectivity index (χ0v) is 18.3. The molecule has 0 saturated carbocycles. The number of aliphatic carboxylic acids is 1. The minimum atomic E-state index is -5.08. The highest BCUT2D eigenvalue weighted by Crippen LogP contribution is 2.33. The third kappa shape index (κ3) is 5.88. The van der Waals surface area contributed by atoms with Crippen LogP contribution < -0.4 is 9.47 Å². The maximum Gasteiger partial charge on any atom is 0.490 e. The predicted molar refractivity (Wildman–Crippen MR) is 109 cm³/mol. The van der Waals surface area contributed by atoms with Crippen LogP contribution in [0.2, 0.25) is 0 Å². The number of hydrogen-bond acceptors (Lipinski definition) is 7. The van der Waals surface area contributed by atoms with E-state index in [0.29, 0.717) is 11.8 Å². The van der Waals surface area contributed by atoms with Gasteiger partial charge >= 0.3 is 12.1 Å². The van der Waals surface area contributed by atoms with Crippen molar-refractivity contribution in [2.45, 2.75) is 25.6 Å². The van der Waals surface area contributed by atoms with E-state index in [1.54, 1.807) is 30.3 Å². The van der Waals surface area contributed by atoms with E-state index in [-0.39, 0.29) is 5.91 Å². The van der Waals surface area contributed by atoms with Crippen LogP contribution >= 0.6 is 11.3 Å². The van der Waals surface area contributed by atoms with E-state index in [1.807, 2.05) is 6.07 Å². The van der Waals surface area contributed by atoms with Crippen LogP contribution in [0.25, 0.3) is 0 Å². The lowest BCUT2D eigenvalue weighted by Gasteiger charge is -2.19. The van der Waals surface area contributed by atoms with Gasteiger partial charge in [0.15, 0.2) is 16.5 Å². The highest BCUT2D eigenvalue weighted by atomic mass is 32.1. The quantitative estimate of drug-likeness (QED) is 0.733. The van der Waals surface area contributed by atoms with Gasteiger partial charge in [0.05, 0.1) is 5.69 Å². The van der Waals surface area contributed by atoms with Gasteiger partial charge in [-0.1, -0.05) is 6.07 Å². The van der Waals surface area contributed by atoms with E-state index in [4.69, 9.17) is 19.4 Å². The predicted octanol–water partition coefficient (Wildman–Crippen LogP) is 2.81. The number of nitrogens with zero attached hydrogens (tertiary/aromatic N) is 3. The first-order valence-electron chi connectivity index (χ1n) is 9.66. The minimum Gasteiger partial charge on any atom is -0.475 e. The van der Waals surface area contributed by atoms with Crippen molar-refractivity contribution < 1.29 is 37.3 Å². The standard InChI is InChI=1S/C18H21N3O3S.C2HF3O2/c1-20(2)18(22)17-19-13-5-7-21(8-6-16(13)25-17)10-12-3-4-14-15(9-12)24-11-23-14;3-2(4,5)1(6)7/h3-4,9H,5-8,10-11H2,1-2H3;(H,6,7). The summed E-state index contributed by atoms with van der Waals surface area (Å²) in [7, 11) is 3.53. The number of alkyl halides is 3. The van der Waals surface area contributed by atoms with Crippen molar-refractivity contribution >= 4 is 23.2 Å². The van der Waals surface area contributed by atoms with Gasteiger partial charge in [-0.25, -0.2) is 9.78 Å². The van der Waals surface area contributed by atoms with Crippen molar-refractivity contribution in [3.8, 4) is 11.5 Å². The van der Waals surface area contributed by atoms with Crippen LogP contribution in [-0.2, 0) is 24.2 Å². The lowest BCUT2D eigenvalue weighted by Crippen LogP contribution is -2.26. The van der Waals surface area contributed by atoms with E-state index < -0.39 is 12.1 Å². The van der Waals surface area contributed by atoms with Gasteiger partial charge < -0.3 is 19.5 Å². The number of carbonyl (C=O) groups excluding carboxylic acids is 1. The molecule has 0 spiro atoms. The molecule has 0 bridgehead atoms. The molecule has 2 aliphatic heterocycles. The zero-order chi connectivity index (χ0) is 23.5. The Labute approximate surface area is 186 Å². The SMILES string of the molecule is CN(C)C(=O)c1nc2c(s1)CCN(Cc1ccc3c(c1)OCO3)CC2.O=C(O)C(F)(F)F. The largest absolute Gasteiger partial charge is 0.490 e. The number of halogens is 3. The number of carboxylic acid groups (broad SMARTS) is 1. The number of benzene rings is 1. The van der Waals surface area contributed by atoms with E-state index >= 15 is 0 Å². The Kier molecular flexibility index (Phi) is 7.24. The second-order valence-electron chi connectivity index (χ2n) is 7.36. The Morgan fingerprint density at radius 1 is 1.19 bits per heavy atom. The molecular weight excluding hydrogens is 451 g/mol. The summed E-state index contributed by atoms with van der Waals surface area (Å²) < 4.78 is 42.6. The van der Waals surface area contributed by atoms with Crippen LogP contribution in [-0.4, -0.2) is 71.9 Å². The van der Waals surface area contributed by atoms with Crippen LogP contribution in [0.15, 0.2) is 18.2 Å². The average molecular weight is 473 g/mol. The molecule has 32 heavy (non-hydrogen) atoms. The number of fused-ring (bicyclic) bond motifs is 2. The molecule has 1 aromatic carbocycles. The van der Waals surface area contributed by atoms with Crippen LogP contribution in [0.3, 0.4) is 0 Å². The van der Waals surface area contributed by atoms with E-state index in [9.17, 15) is 18.0 Å². The molecule has 0 aliphatic carbocycles. The van der Waals surface area contributed by atoms with Gasteiger partial charge in [-0.15, -0.1) is 11.3 Å². The molecular formula is C20H22F3N3O5S. The van der Waals surface area contributed by atoms with E-state index in [2.05, 4.69) is 22.0 Å². The second-order valence-corrected chi connectivity index (χ2v) is 8.44. The minimum absolute atomic E-state index is 0.00436. The Morgan fingerprint density at radius 2 is 1.84 bits per heavy atom. The molecule has 2 aliphatic rings. The molecule has 0 radical (unpaired) electrons. The van der Waals surface area contributed by atoms with Crippen molar-refractivity contribution in [3.63, 3.8) is 0 Å². The number of hydrogen-bond donors (Lipinski definition) is 1. The summed E-state index contributed by atoms with van der Waals surface area (Å²) in [5.74, 6) is -1.10. The molecule has 3 heterocycles. The first-order valence-corrected chi connectivity index (χ1v) is 10.5. The molecule has 0 atom stereocenters. The topological polar surface area (TPSA) is 92.2 Å². The summed E-state index contributed by atoms with van der Waals surface area (Å²) in [4.78, 5) is 30.8. The molecule has 1 aromatic heterocycles. The molecule has 1 N–H and O–H groups in total. The summed E-state index contributed by atoms with van der Waals surface area (Å²) in [5.41, 5.74) is 2.31. The molecule has 0 saturated heterocycles. The summed E-state index contributed by atoms with van der Waals surface area (Å²) in [6, 6.07) is 6.14. The smallest absolute Gasteiger partial charge is 0.475 e.